The summed E-state index contributed by atoms with van der Waals surface area (Å²) in [6.45, 7) is 7.02. The molecule has 1 amide bonds. The van der Waals surface area contributed by atoms with Crippen LogP contribution in [0.3, 0.4) is 0 Å². The van der Waals surface area contributed by atoms with Crippen molar-refractivity contribution in [2.24, 2.45) is 0 Å². The van der Waals surface area contributed by atoms with Crippen LogP contribution in [0.4, 0.5) is 11.4 Å². The zero-order chi connectivity index (χ0) is 28.8. The van der Waals surface area contributed by atoms with Crippen LogP contribution in [0.15, 0.2) is 73.6 Å². The maximum absolute atomic E-state index is 12.3. The van der Waals surface area contributed by atoms with Gasteiger partial charge in [-0.05, 0) is 26.2 Å². The molecule has 0 bridgehead atoms. The van der Waals surface area contributed by atoms with Crippen molar-refractivity contribution in [1.82, 2.24) is 24.6 Å². The van der Waals surface area contributed by atoms with Crippen LogP contribution in [0.1, 0.15) is 17.0 Å². The Balaban J connectivity index is 1.49. The van der Waals surface area contributed by atoms with Crippen LogP contribution in [0.2, 0.25) is 0 Å². The number of morpholine rings is 1. The molecular formula is C31H35N7O3. The fourth-order valence-electron chi connectivity index (χ4n) is 4.89. The maximum atomic E-state index is 12.3. The summed E-state index contributed by atoms with van der Waals surface area (Å²) in [4.78, 5) is 26.0. The molecule has 0 radical (unpaired) electrons. The summed E-state index contributed by atoms with van der Waals surface area (Å²) in [5.74, 6) is 1.68. The molecule has 0 spiro atoms. The van der Waals surface area contributed by atoms with Gasteiger partial charge in [0.2, 0.25) is 5.91 Å². The number of nitrogens with zero attached hydrogens (tertiary/aromatic N) is 6. The van der Waals surface area contributed by atoms with E-state index in [1.807, 2.05) is 56.7 Å². The van der Waals surface area contributed by atoms with Gasteiger partial charge >= 0.3 is 0 Å². The molecule has 1 saturated heterocycles. The van der Waals surface area contributed by atoms with E-state index in [9.17, 15) is 4.79 Å². The van der Waals surface area contributed by atoms with Crippen molar-refractivity contribution < 1.29 is 14.3 Å². The third-order valence-electron chi connectivity index (χ3n) is 6.79. The molecule has 10 nitrogen and oxygen atoms in total. The van der Waals surface area contributed by atoms with Gasteiger partial charge in [0.15, 0.2) is 5.82 Å². The van der Waals surface area contributed by atoms with Crippen LogP contribution in [-0.4, -0.2) is 78.1 Å². The molecule has 0 saturated carbocycles. The Hall–Kier alpha value is -4.54. The molecular weight excluding hydrogens is 518 g/mol. The number of aromatic nitrogens is 4. The standard InChI is InChI=1S/C31H35N7O3/c1-5-30(39)33-25-17-23(27(40-4)19-26(25)37-13-15-41-16-14-37)18-28-32-12-11-29(34-28)38-21-24(20-36(2)3)31(35-38)22-9-7-6-8-10-22/h5-12,17,19,21H,1,13-16,18,20H2,2-4H3,(H,33,39). The second kappa shape index (κ2) is 12.8. The summed E-state index contributed by atoms with van der Waals surface area (Å²) < 4.78 is 13.1. The van der Waals surface area contributed by atoms with Gasteiger partial charge in [-0.3, -0.25) is 4.79 Å². The number of benzene rings is 2. The summed E-state index contributed by atoms with van der Waals surface area (Å²) in [5.41, 5.74) is 5.47. The molecule has 0 atom stereocenters. The third-order valence-corrected chi connectivity index (χ3v) is 6.79. The second-order valence-corrected chi connectivity index (χ2v) is 10.0. The van der Waals surface area contributed by atoms with Crippen LogP contribution in [0.5, 0.6) is 5.75 Å². The number of carbonyl (C=O) groups is 1. The van der Waals surface area contributed by atoms with Gasteiger partial charge in [0.05, 0.1) is 37.4 Å². The number of anilines is 2. The average Bonchev–Trinajstić information content (AvgIpc) is 3.41. The van der Waals surface area contributed by atoms with Crippen LogP contribution in [0.25, 0.3) is 17.1 Å². The van der Waals surface area contributed by atoms with Gasteiger partial charge in [-0.1, -0.05) is 36.9 Å². The van der Waals surface area contributed by atoms with E-state index in [0.717, 1.165) is 47.7 Å². The molecule has 2 aromatic carbocycles. The SMILES string of the molecule is C=CC(=O)Nc1cc(Cc2nccc(-n3cc(CN(C)C)c(-c4ccccc4)n3)n2)c(OC)cc1N1CCOCC1. The van der Waals surface area contributed by atoms with Crippen molar-refractivity contribution >= 4 is 17.3 Å². The lowest BCUT2D eigenvalue weighted by molar-refractivity contribution is -0.111. The molecule has 1 aliphatic rings. The highest BCUT2D eigenvalue weighted by molar-refractivity contribution is 6.01. The number of hydrogen-bond donors (Lipinski definition) is 1. The van der Waals surface area contributed by atoms with E-state index in [4.69, 9.17) is 19.6 Å². The lowest BCUT2D eigenvalue weighted by Gasteiger charge is -2.31. The van der Waals surface area contributed by atoms with E-state index in [-0.39, 0.29) is 5.91 Å². The van der Waals surface area contributed by atoms with E-state index in [2.05, 4.69) is 38.8 Å². The van der Waals surface area contributed by atoms with Crippen molar-refractivity contribution in [3.8, 4) is 22.8 Å². The first-order valence-electron chi connectivity index (χ1n) is 13.5. The zero-order valence-electron chi connectivity index (χ0n) is 23.7. The van der Waals surface area contributed by atoms with Gasteiger partial charge in [0.1, 0.15) is 11.6 Å². The molecule has 41 heavy (non-hydrogen) atoms. The first-order chi connectivity index (χ1) is 19.9. The van der Waals surface area contributed by atoms with Crippen LogP contribution < -0.4 is 15.0 Å². The summed E-state index contributed by atoms with van der Waals surface area (Å²) in [6, 6.07) is 15.9. The number of hydrogen-bond acceptors (Lipinski definition) is 8. The summed E-state index contributed by atoms with van der Waals surface area (Å²) in [5, 5.41) is 7.87. The number of amides is 1. The Morgan fingerprint density at radius 1 is 1.15 bits per heavy atom. The largest absolute Gasteiger partial charge is 0.496 e. The molecule has 1 aliphatic heterocycles. The van der Waals surface area contributed by atoms with E-state index < -0.39 is 0 Å². The van der Waals surface area contributed by atoms with Crippen LogP contribution in [-0.2, 0) is 22.5 Å². The first-order valence-corrected chi connectivity index (χ1v) is 13.5. The molecule has 4 aromatic rings. The fourth-order valence-corrected chi connectivity index (χ4v) is 4.89. The lowest BCUT2D eigenvalue weighted by Crippen LogP contribution is -2.36. The molecule has 0 unspecified atom stereocenters. The van der Waals surface area contributed by atoms with Crippen LogP contribution in [0, 0.1) is 0 Å². The van der Waals surface area contributed by atoms with Gasteiger partial charge in [-0.25, -0.2) is 14.6 Å². The summed E-state index contributed by atoms with van der Waals surface area (Å²) in [6.07, 6.45) is 5.42. The molecule has 3 heterocycles. The number of carbonyl (C=O) groups excluding carboxylic acids is 1. The number of methoxy groups -OCH3 is 1. The number of ether oxygens (including phenoxy) is 2. The Morgan fingerprint density at radius 3 is 2.63 bits per heavy atom. The Labute approximate surface area is 240 Å². The Bertz CT molecular complexity index is 1510. The molecule has 212 valence electrons. The molecule has 10 heteroatoms. The van der Waals surface area contributed by atoms with Gasteiger partial charge in [-0.2, -0.15) is 5.10 Å². The van der Waals surface area contributed by atoms with Gasteiger partial charge in [0.25, 0.3) is 0 Å². The van der Waals surface area contributed by atoms with E-state index >= 15 is 0 Å². The van der Waals surface area contributed by atoms with Crippen molar-refractivity contribution in [3.05, 3.63) is 90.5 Å². The highest BCUT2D eigenvalue weighted by Crippen LogP contribution is 2.35. The highest BCUT2D eigenvalue weighted by Gasteiger charge is 2.20. The lowest BCUT2D eigenvalue weighted by atomic mass is 10.1. The minimum atomic E-state index is -0.282. The smallest absolute Gasteiger partial charge is 0.247 e. The van der Waals surface area contributed by atoms with Crippen LogP contribution >= 0.6 is 0 Å². The number of rotatable bonds is 10. The van der Waals surface area contributed by atoms with E-state index in [1.54, 1.807) is 18.0 Å². The second-order valence-electron chi connectivity index (χ2n) is 10.0. The van der Waals surface area contributed by atoms with E-state index in [1.165, 1.54) is 6.08 Å². The summed E-state index contributed by atoms with van der Waals surface area (Å²) in [7, 11) is 5.72. The predicted molar refractivity (Wildman–Crippen MR) is 160 cm³/mol. The fraction of sp³-hybridized carbons (Fsp3) is 0.290. The van der Waals surface area contributed by atoms with Crippen molar-refractivity contribution in [1.29, 1.82) is 0 Å². The number of nitrogens with one attached hydrogen (secondary N) is 1. The van der Waals surface area contributed by atoms with Gasteiger partial charge < -0.3 is 24.6 Å². The van der Waals surface area contributed by atoms with Gasteiger partial charge in [-0.15, -0.1) is 0 Å². The third kappa shape index (κ3) is 6.62. The van der Waals surface area contributed by atoms with E-state index in [0.29, 0.717) is 42.7 Å². The normalized spacial score (nSPS) is 13.3. The first kappa shape index (κ1) is 28.0. The minimum absolute atomic E-state index is 0.282. The topological polar surface area (TPSA) is 97.6 Å². The highest BCUT2D eigenvalue weighted by atomic mass is 16.5. The predicted octanol–water partition coefficient (Wildman–Crippen LogP) is 3.95. The zero-order valence-corrected chi connectivity index (χ0v) is 23.7. The maximum Gasteiger partial charge on any atom is 0.247 e. The Kier molecular flexibility index (Phi) is 8.71. The van der Waals surface area contributed by atoms with Crippen molar-refractivity contribution in [2.75, 3.05) is 57.7 Å². The Morgan fingerprint density at radius 2 is 1.93 bits per heavy atom. The minimum Gasteiger partial charge on any atom is -0.496 e. The molecule has 2 aromatic heterocycles. The van der Waals surface area contributed by atoms with Crippen molar-refractivity contribution in [2.45, 2.75) is 13.0 Å². The monoisotopic (exact) mass is 553 g/mol. The molecule has 1 fully saturated rings. The molecule has 0 aliphatic carbocycles. The molecule has 5 rings (SSSR count). The van der Waals surface area contributed by atoms with Gasteiger partial charge in [0, 0.05) is 67.3 Å². The average molecular weight is 554 g/mol. The molecule has 1 N–H and O–H groups in total. The summed E-state index contributed by atoms with van der Waals surface area (Å²) >= 11 is 0. The quantitative estimate of drug-likeness (QED) is 0.295. The van der Waals surface area contributed by atoms with Crippen molar-refractivity contribution in [3.63, 3.8) is 0 Å².